The number of aromatic amines is 1. The molecule has 3 nitrogen and oxygen atoms in total. The normalized spacial score (nSPS) is 11.1. The lowest BCUT2D eigenvalue weighted by atomic mass is 10.1. The summed E-state index contributed by atoms with van der Waals surface area (Å²) in [5, 5.41) is 2.35. The number of nitrogens with one attached hydrogen (secondary N) is 1. The molecule has 0 atom stereocenters. The number of aromatic nitrogens is 1. The van der Waals surface area contributed by atoms with Gasteiger partial charge in [0.15, 0.2) is 0 Å². The molecule has 96 valence electrons. The zero-order valence-corrected chi connectivity index (χ0v) is 11.1. The maximum Gasteiger partial charge on any atom is 0.223 e. The Bertz CT molecular complexity index is 758. The van der Waals surface area contributed by atoms with Crippen LogP contribution in [-0.2, 0) is 4.79 Å². The fourth-order valence-electron chi connectivity index (χ4n) is 2.59. The van der Waals surface area contributed by atoms with Gasteiger partial charge in [-0.05, 0) is 31.2 Å². The van der Waals surface area contributed by atoms with Gasteiger partial charge in [0, 0.05) is 41.0 Å². The Morgan fingerprint density at radius 1 is 1.11 bits per heavy atom. The molecular weight excluding hydrogens is 236 g/mol. The number of hydrogen-bond donors (Lipinski definition) is 1. The molecule has 3 heteroatoms. The lowest BCUT2D eigenvalue weighted by Crippen LogP contribution is -2.27. The Kier molecular flexibility index (Phi) is 2.75. The van der Waals surface area contributed by atoms with E-state index in [1.165, 1.54) is 5.39 Å². The first-order chi connectivity index (χ1) is 9.20. The van der Waals surface area contributed by atoms with E-state index >= 15 is 0 Å². The van der Waals surface area contributed by atoms with E-state index in [-0.39, 0.29) is 5.91 Å². The van der Waals surface area contributed by atoms with Crippen LogP contribution in [0.2, 0.25) is 0 Å². The molecule has 0 saturated carbocycles. The minimum absolute atomic E-state index is 0.0710. The van der Waals surface area contributed by atoms with Crippen LogP contribution in [0, 0.1) is 0 Å². The molecule has 0 aliphatic heterocycles. The molecule has 0 fully saturated rings. The second-order valence-electron chi connectivity index (χ2n) is 4.66. The molecule has 0 radical (unpaired) electrons. The molecule has 0 spiro atoms. The van der Waals surface area contributed by atoms with Crippen LogP contribution in [0.4, 0.5) is 5.69 Å². The molecule has 2 aromatic carbocycles. The number of H-pyrrole nitrogens is 1. The Morgan fingerprint density at radius 3 is 2.58 bits per heavy atom. The summed E-state index contributed by atoms with van der Waals surface area (Å²) in [4.78, 5) is 16.8. The lowest BCUT2D eigenvalue weighted by molar-refractivity contribution is -0.116. The topological polar surface area (TPSA) is 36.1 Å². The third kappa shape index (κ3) is 1.87. The highest BCUT2D eigenvalue weighted by atomic mass is 16.2. The molecule has 1 heterocycles. The SMILES string of the molecule is CCN(C(C)=O)c1ccc2[nH]c3ccccc3c2c1. The molecule has 1 N–H and O–H groups in total. The van der Waals surface area contributed by atoms with Crippen molar-refractivity contribution in [2.45, 2.75) is 13.8 Å². The van der Waals surface area contributed by atoms with Crippen molar-refractivity contribution in [3.63, 3.8) is 0 Å². The van der Waals surface area contributed by atoms with Gasteiger partial charge in [0.1, 0.15) is 0 Å². The summed E-state index contributed by atoms with van der Waals surface area (Å²) >= 11 is 0. The molecule has 0 saturated heterocycles. The summed E-state index contributed by atoms with van der Waals surface area (Å²) in [5.74, 6) is 0.0710. The van der Waals surface area contributed by atoms with Crippen molar-refractivity contribution >= 4 is 33.4 Å². The number of fused-ring (bicyclic) bond motifs is 3. The van der Waals surface area contributed by atoms with Crippen LogP contribution in [0.15, 0.2) is 42.5 Å². The zero-order valence-electron chi connectivity index (χ0n) is 11.1. The van der Waals surface area contributed by atoms with Gasteiger partial charge in [-0.2, -0.15) is 0 Å². The number of carbonyl (C=O) groups is 1. The summed E-state index contributed by atoms with van der Waals surface area (Å²) in [5.41, 5.74) is 3.18. The van der Waals surface area contributed by atoms with Crippen molar-refractivity contribution < 1.29 is 4.79 Å². The highest BCUT2D eigenvalue weighted by Gasteiger charge is 2.11. The Labute approximate surface area is 111 Å². The van der Waals surface area contributed by atoms with Crippen LogP contribution in [0.3, 0.4) is 0 Å². The number of para-hydroxylation sites is 1. The van der Waals surface area contributed by atoms with Crippen LogP contribution < -0.4 is 4.90 Å². The first-order valence-electron chi connectivity index (χ1n) is 6.49. The maximum absolute atomic E-state index is 11.6. The van der Waals surface area contributed by atoms with E-state index in [1.54, 1.807) is 11.8 Å². The number of nitrogens with zero attached hydrogens (tertiary/aromatic N) is 1. The molecule has 3 rings (SSSR count). The van der Waals surface area contributed by atoms with E-state index in [0.717, 1.165) is 22.1 Å². The van der Waals surface area contributed by atoms with Gasteiger partial charge in [-0.1, -0.05) is 18.2 Å². The van der Waals surface area contributed by atoms with Crippen molar-refractivity contribution in [1.29, 1.82) is 0 Å². The number of rotatable bonds is 2. The molecule has 0 unspecified atom stereocenters. The maximum atomic E-state index is 11.6. The first-order valence-corrected chi connectivity index (χ1v) is 6.49. The van der Waals surface area contributed by atoms with Crippen LogP contribution >= 0.6 is 0 Å². The van der Waals surface area contributed by atoms with Gasteiger partial charge < -0.3 is 9.88 Å². The summed E-state index contributed by atoms with van der Waals surface area (Å²) in [6.07, 6.45) is 0. The highest BCUT2D eigenvalue weighted by Crippen LogP contribution is 2.29. The predicted octanol–water partition coefficient (Wildman–Crippen LogP) is 3.69. The molecule has 1 amide bonds. The Hall–Kier alpha value is -2.29. The molecular formula is C16H16N2O. The third-order valence-electron chi connectivity index (χ3n) is 3.50. The summed E-state index contributed by atoms with van der Waals surface area (Å²) in [6, 6.07) is 14.3. The van der Waals surface area contributed by atoms with E-state index in [1.807, 2.05) is 31.2 Å². The number of benzene rings is 2. The van der Waals surface area contributed by atoms with Crippen molar-refractivity contribution in [3.8, 4) is 0 Å². The van der Waals surface area contributed by atoms with E-state index in [9.17, 15) is 4.79 Å². The standard InChI is InChI=1S/C16H16N2O/c1-3-18(11(2)19)12-8-9-16-14(10-12)13-6-4-5-7-15(13)17-16/h4-10,17H,3H2,1-2H3. The molecule has 3 aromatic rings. The molecule has 0 aliphatic rings. The smallest absolute Gasteiger partial charge is 0.223 e. The van der Waals surface area contributed by atoms with E-state index in [0.29, 0.717) is 6.54 Å². The highest BCUT2D eigenvalue weighted by molar-refractivity contribution is 6.09. The number of hydrogen-bond acceptors (Lipinski definition) is 1. The van der Waals surface area contributed by atoms with Gasteiger partial charge in [-0.3, -0.25) is 4.79 Å². The van der Waals surface area contributed by atoms with E-state index in [2.05, 4.69) is 23.2 Å². The number of anilines is 1. The first kappa shape index (κ1) is 11.8. The van der Waals surface area contributed by atoms with Crippen LogP contribution in [0.5, 0.6) is 0 Å². The minimum atomic E-state index is 0.0710. The quantitative estimate of drug-likeness (QED) is 0.741. The van der Waals surface area contributed by atoms with Crippen molar-refractivity contribution in [2.75, 3.05) is 11.4 Å². The average molecular weight is 252 g/mol. The molecule has 0 aliphatic carbocycles. The number of amides is 1. The molecule has 1 aromatic heterocycles. The van der Waals surface area contributed by atoms with E-state index < -0.39 is 0 Å². The summed E-state index contributed by atoms with van der Waals surface area (Å²) in [7, 11) is 0. The second kappa shape index (κ2) is 4.43. The summed E-state index contributed by atoms with van der Waals surface area (Å²) < 4.78 is 0. The van der Waals surface area contributed by atoms with Gasteiger partial charge in [-0.15, -0.1) is 0 Å². The van der Waals surface area contributed by atoms with Crippen molar-refractivity contribution in [3.05, 3.63) is 42.5 Å². The van der Waals surface area contributed by atoms with Crippen molar-refractivity contribution in [2.24, 2.45) is 0 Å². The van der Waals surface area contributed by atoms with Gasteiger partial charge >= 0.3 is 0 Å². The Balaban J connectivity index is 2.24. The van der Waals surface area contributed by atoms with Crippen molar-refractivity contribution in [1.82, 2.24) is 4.98 Å². The predicted molar refractivity (Wildman–Crippen MR) is 79.5 cm³/mol. The van der Waals surface area contributed by atoms with Crippen LogP contribution in [-0.4, -0.2) is 17.4 Å². The van der Waals surface area contributed by atoms with Crippen LogP contribution in [0.1, 0.15) is 13.8 Å². The van der Waals surface area contributed by atoms with Crippen LogP contribution in [0.25, 0.3) is 21.8 Å². The molecule has 19 heavy (non-hydrogen) atoms. The number of carbonyl (C=O) groups excluding carboxylic acids is 1. The second-order valence-corrected chi connectivity index (χ2v) is 4.66. The van der Waals surface area contributed by atoms with Gasteiger partial charge in [0.25, 0.3) is 0 Å². The zero-order chi connectivity index (χ0) is 13.4. The lowest BCUT2D eigenvalue weighted by Gasteiger charge is -2.19. The summed E-state index contributed by atoms with van der Waals surface area (Å²) in [6.45, 7) is 4.27. The minimum Gasteiger partial charge on any atom is -0.355 e. The van der Waals surface area contributed by atoms with E-state index in [4.69, 9.17) is 0 Å². The molecule has 0 bridgehead atoms. The Morgan fingerprint density at radius 2 is 1.84 bits per heavy atom. The average Bonchev–Trinajstić information content (AvgIpc) is 2.77. The van der Waals surface area contributed by atoms with Gasteiger partial charge in [0.2, 0.25) is 5.91 Å². The fraction of sp³-hybridized carbons (Fsp3) is 0.188. The fourth-order valence-corrected chi connectivity index (χ4v) is 2.59. The third-order valence-corrected chi connectivity index (χ3v) is 3.50. The van der Waals surface area contributed by atoms with Gasteiger partial charge in [-0.25, -0.2) is 0 Å². The van der Waals surface area contributed by atoms with Gasteiger partial charge in [0.05, 0.1) is 0 Å². The largest absolute Gasteiger partial charge is 0.355 e. The monoisotopic (exact) mass is 252 g/mol.